The van der Waals surface area contributed by atoms with Gasteiger partial charge in [-0.2, -0.15) is 0 Å². The minimum absolute atomic E-state index is 0.542. The van der Waals surface area contributed by atoms with Crippen molar-refractivity contribution in [3.63, 3.8) is 0 Å². The van der Waals surface area contributed by atoms with Gasteiger partial charge in [0, 0.05) is 31.5 Å². The molecule has 0 amide bonds. The summed E-state index contributed by atoms with van der Waals surface area (Å²) in [4.78, 5) is 5.78. The van der Waals surface area contributed by atoms with E-state index in [4.69, 9.17) is 5.41 Å². The lowest BCUT2D eigenvalue weighted by atomic mass is 10.2. The van der Waals surface area contributed by atoms with Crippen LogP contribution in [0.3, 0.4) is 0 Å². The predicted molar refractivity (Wildman–Crippen MR) is 49.4 cm³/mol. The Morgan fingerprint density at radius 3 is 2.58 bits per heavy atom. The summed E-state index contributed by atoms with van der Waals surface area (Å²) in [5.41, 5.74) is 0.911. The summed E-state index contributed by atoms with van der Waals surface area (Å²) >= 11 is 0. The van der Waals surface area contributed by atoms with Crippen molar-refractivity contribution < 1.29 is 0 Å². The Hall–Kier alpha value is -1.38. The largest absolute Gasteiger partial charge is 0.360 e. The molecular weight excluding hydrogens is 150 g/mol. The zero-order chi connectivity index (χ0) is 8.97. The number of hydrogen-bond acceptors (Lipinski definition) is 2. The third-order valence-corrected chi connectivity index (χ3v) is 1.81. The van der Waals surface area contributed by atoms with Crippen LogP contribution in [0.25, 0.3) is 0 Å². The SMILES string of the molecule is CCN(C)C(=N)c1ccncc1. The Kier molecular flexibility index (Phi) is 2.80. The maximum Gasteiger partial charge on any atom is 0.127 e. The molecule has 0 bridgehead atoms. The number of hydrogen-bond donors (Lipinski definition) is 1. The van der Waals surface area contributed by atoms with Gasteiger partial charge in [-0.25, -0.2) is 0 Å². The van der Waals surface area contributed by atoms with Crippen molar-refractivity contribution in [1.29, 1.82) is 5.41 Å². The lowest BCUT2D eigenvalue weighted by Crippen LogP contribution is -2.26. The molecule has 1 aromatic rings. The van der Waals surface area contributed by atoms with E-state index in [9.17, 15) is 0 Å². The van der Waals surface area contributed by atoms with E-state index >= 15 is 0 Å². The summed E-state index contributed by atoms with van der Waals surface area (Å²) in [7, 11) is 1.91. The first-order valence-corrected chi connectivity index (χ1v) is 3.95. The second-order valence-corrected chi connectivity index (χ2v) is 2.60. The Morgan fingerprint density at radius 1 is 1.50 bits per heavy atom. The monoisotopic (exact) mass is 163 g/mol. The zero-order valence-corrected chi connectivity index (χ0v) is 7.41. The molecular formula is C9H13N3. The van der Waals surface area contributed by atoms with Gasteiger partial charge in [0.05, 0.1) is 0 Å². The molecule has 0 saturated carbocycles. The molecule has 1 heterocycles. The quantitative estimate of drug-likeness (QED) is 0.528. The van der Waals surface area contributed by atoms with E-state index < -0.39 is 0 Å². The van der Waals surface area contributed by atoms with E-state index in [1.165, 1.54) is 0 Å². The lowest BCUT2D eigenvalue weighted by Gasteiger charge is -2.17. The van der Waals surface area contributed by atoms with Crippen molar-refractivity contribution >= 4 is 5.84 Å². The standard InChI is InChI=1S/C9H13N3/c1-3-12(2)9(10)8-4-6-11-7-5-8/h4-7,10H,3H2,1-2H3. The smallest absolute Gasteiger partial charge is 0.127 e. The number of rotatable bonds is 2. The van der Waals surface area contributed by atoms with Crippen LogP contribution < -0.4 is 0 Å². The van der Waals surface area contributed by atoms with Crippen LogP contribution in [0.1, 0.15) is 12.5 Å². The molecule has 3 nitrogen and oxygen atoms in total. The number of pyridine rings is 1. The number of aromatic nitrogens is 1. The molecule has 0 radical (unpaired) electrons. The summed E-state index contributed by atoms with van der Waals surface area (Å²) in [6.07, 6.45) is 3.40. The van der Waals surface area contributed by atoms with Gasteiger partial charge in [0.2, 0.25) is 0 Å². The van der Waals surface area contributed by atoms with Gasteiger partial charge in [0.25, 0.3) is 0 Å². The zero-order valence-electron chi connectivity index (χ0n) is 7.41. The maximum atomic E-state index is 7.73. The summed E-state index contributed by atoms with van der Waals surface area (Å²) in [6.45, 7) is 2.87. The van der Waals surface area contributed by atoms with Crippen molar-refractivity contribution in [2.75, 3.05) is 13.6 Å². The highest BCUT2D eigenvalue weighted by molar-refractivity contribution is 5.95. The summed E-state index contributed by atoms with van der Waals surface area (Å²) in [6, 6.07) is 3.68. The summed E-state index contributed by atoms with van der Waals surface area (Å²) in [5, 5.41) is 7.73. The lowest BCUT2D eigenvalue weighted by molar-refractivity contribution is 0.533. The van der Waals surface area contributed by atoms with Crippen LogP contribution in [-0.2, 0) is 0 Å². The molecule has 0 aliphatic heterocycles. The first kappa shape index (κ1) is 8.71. The van der Waals surface area contributed by atoms with Crippen LogP contribution in [0.15, 0.2) is 24.5 Å². The molecule has 12 heavy (non-hydrogen) atoms. The van der Waals surface area contributed by atoms with Gasteiger partial charge in [-0.1, -0.05) is 0 Å². The molecule has 0 spiro atoms. The Morgan fingerprint density at radius 2 is 2.08 bits per heavy atom. The van der Waals surface area contributed by atoms with E-state index in [1.807, 2.05) is 31.0 Å². The highest BCUT2D eigenvalue weighted by Gasteiger charge is 2.03. The van der Waals surface area contributed by atoms with E-state index in [-0.39, 0.29) is 0 Å². The van der Waals surface area contributed by atoms with Crippen molar-refractivity contribution in [1.82, 2.24) is 9.88 Å². The van der Waals surface area contributed by atoms with Gasteiger partial charge >= 0.3 is 0 Å². The molecule has 3 heteroatoms. The second-order valence-electron chi connectivity index (χ2n) is 2.60. The van der Waals surface area contributed by atoms with Crippen LogP contribution in [0, 0.1) is 5.41 Å². The molecule has 0 fully saturated rings. The third kappa shape index (κ3) is 1.81. The van der Waals surface area contributed by atoms with Gasteiger partial charge in [0.15, 0.2) is 0 Å². The Bertz CT molecular complexity index is 256. The van der Waals surface area contributed by atoms with Crippen molar-refractivity contribution in [3.05, 3.63) is 30.1 Å². The molecule has 1 rings (SSSR count). The normalized spacial score (nSPS) is 9.50. The van der Waals surface area contributed by atoms with Gasteiger partial charge in [-0.3, -0.25) is 10.4 Å². The van der Waals surface area contributed by atoms with E-state index in [0.717, 1.165) is 12.1 Å². The van der Waals surface area contributed by atoms with Crippen molar-refractivity contribution in [2.24, 2.45) is 0 Å². The summed E-state index contributed by atoms with van der Waals surface area (Å²) < 4.78 is 0. The molecule has 0 aliphatic rings. The van der Waals surface area contributed by atoms with Gasteiger partial charge in [0.1, 0.15) is 5.84 Å². The van der Waals surface area contributed by atoms with Gasteiger partial charge < -0.3 is 4.90 Å². The minimum Gasteiger partial charge on any atom is -0.360 e. The molecule has 0 aromatic carbocycles. The van der Waals surface area contributed by atoms with Gasteiger partial charge in [-0.15, -0.1) is 0 Å². The number of nitrogens with zero attached hydrogens (tertiary/aromatic N) is 2. The molecule has 0 aliphatic carbocycles. The van der Waals surface area contributed by atoms with Crippen molar-refractivity contribution in [3.8, 4) is 0 Å². The molecule has 1 N–H and O–H groups in total. The molecule has 1 aromatic heterocycles. The molecule has 0 unspecified atom stereocenters. The van der Waals surface area contributed by atoms with Crippen LogP contribution in [0.2, 0.25) is 0 Å². The third-order valence-electron chi connectivity index (χ3n) is 1.81. The Labute approximate surface area is 72.6 Å². The summed E-state index contributed by atoms with van der Waals surface area (Å²) in [5.74, 6) is 0.542. The molecule has 64 valence electrons. The van der Waals surface area contributed by atoms with Crippen molar-refractivity contribution in [2.45, 2.75) is 6.92 Å². The minimum atomic E-state index is 0.542. The van der Waals surface area contributed by atoms with E-state index in [2.05, 4.69) is 4.98 Å². The highest BCUT2D eigenvalue weighted by Crippen LogP contribution is 2.00. The fourth-order valence-electron chi connectivity index (χ4n) is 0.888. The highest BCUT2D eigenvalue weighted by atomic mass is 15.1. The van der Waals surface area contributed by atoms with E-state index in [1.54, 1.807) is 12.4 Å². The topological polar surface area (TPSA) is 40.0 Å². The van der Waals surface area contributed by atoms with Crippen LogP contribution in [-0.4, -0.2) is 29.3 Å². The van der Waals surface area contributed by atoms with E-state index in [0.29, 0.717) is 5.84 Å². The fraction of sp³-hybridized carbons (Fsp3) is 0.333. The number of amidine groups is 1. The van der Waals surface area contributed by atoms with Crippen LogP contribution in [0.4, 0.5) is 0 Å². The number of nitrogens with one attached hydrogen (secondary N) is 1. The molecule has 0 atom stereocenters. The average molecular weight is 163 g/mol. The molecule has 0 saturated heterocycles. The Balaban J connectivity index is 2.79. The van der Waals surface area contributed by atoms with Crippen LogP contribution in [0.5, 0.6) is 0 Å². The first-order valence-electron chi connectivity index (χ1n) is 3.95. The maximum absolute atomic E-state index is 7.73. The van der Waals surface area contributed by atoms with Crippen LogP contribution >= 0.6 is 0 Å². The van der Waals surface area contributed by atoms with Gasteiger partial charge in [-0.05, 0) is 19.1 Å². The predicted octanol–water partition coefficient (Wildman–Crippen LogP) is 1.36. The fourth-order valence-corrected chi connectivity index (χ4v) is 0.888. The second kappa shape index (κ2) is 3.85. The first-order chi connectivity index (χ1) is 5.75. The average Bonchev–Trinajstić information content (AvgIpc) is 2.17.